The van der Waals surface area contributed by atoms with Crippen LogP contribution < -0.4 is 0 Å². The van der Waals surface area contributed by atoms with Crippen molar-refractivity contribution in [1.29, 1.82) is 0 Å². The van der Waals surface area contributed by atoms with Gasteiger partial charge in [-0.25, -0.2) is 4.79 Å². The molecule has 0 aromatic heterocycles. The van der Waals surface area contributed by atoms with Crippen molar-refractivity contribution < 1.29 is 25.2 Å². The summed E-state index contributed by atoms with van der Waals surface area (Å²) in [6, 6.07) is 5.01. The minimum atomic E-state index is -0.901. The fraction of sp³-hybridized carbons (Fsp3) is 0.522. The number of carboxylic acid groups (broad SMARTS) is 1. The van der Waals surface area contributed by atoms with Gasteiger partial charge in [-0.1, -0.05) is 18.2 Å². The Morgan fingerprint density at radius 1 is 1.07 bits per heavy atom. The Morgan fingerprint density at radius 3 is 2.64 bits per heavy atom. The quantitative estimate of drug-likeness (QED) is 0.463. The molecule has 0 heterocycles. The Bertz CT molecular complexity index is 872. The molecule has 4 aliphatic carbocycles. The van der Waals surface area contributed by atoms with Crippen molar-refractivity contribution >= 4 is 5.97 Å². The van der Waals surface area contributed by atoms with Crippen LogP contribution in [-0.4, -0.2) is 32.5 Å². The van der Waals surface area contributed by atoms with E-state index < -0.39 is 12.1 Å². The second-order valence-corrected chi connectivity index (χ2v) is 9.00. The number of benzene rings is 1. The summed E-state index contributed by atoms with van der Waals surface area (Å²) in [4.78, 5) is 11.6. The van der Waals surface area contributed by atoms with E-state index in [0.29, 0.717) is 29.2 Å². The lowest BCUT2D eigenvalue weighted by molar-refractivity contribution is -0.134. The van der Waals surface area contributed by atoms with Crippen molar-refractivity contribution in [2.45, 2.75) is 31.8 Å². The summed E-state index contributed by atoms with van der Waals surface area (Å²) >= 11 is 0. The average Bonchev–Trinajstić information content (AvgIpc) is 3.02. The molecule has 0 spiro atoms. The fourth-order valence-corrected chi connectivity index (χ4v) is 6.76. The van der Waals surface area contributed by atoms with E-state index in [-0.39, 0.29) is 29.3 Å². The van der Waals surface area contributed by atoms with Gasteiger partial charge in [-0.05, 0) is 85.0 Å². The van der Waals surface area contributed by atoms with Crippen molar-refractivity contribution in [3.63, 3.8) is 0 Å². The van der Waals surface area contributed by atoms with Crippen LogP contribution >= 0.6 is 0 Å². The van der Waals surface area contributed by atoms with Gasteiger partial charge in [-0.2, -0.15) is 0 Å². The zero-order valence-corrected chi connectivity index (χ0v) is 15.6. The normalized spacial score (nSPS) is 39.8. The molecule has 5 heteroatoms. The molecule has 5 rings (SSSR count). The highest BCUT2D eigenvalue weighted by Gasteiger charge is 2.63. The van der Waals surface area contributed by atoms with E-state index in [2.05, 4.69) is 12.2 Å². The topological polar surface area (TPSA) is 98.0 Å². The molecular weight excluding hydrogens is 356 g/mol. The van der Waals surface area contributed by atoms with Crippen molar-refractivity contribution in [3.05, 3.63) is 47.6 Å². The maximum absolute atomic E-state index is 11.6. The second kappa shape index (κ2) is 6.38. The Kier molecular flexibility index (Phi) is 4.05. The van der Waals surface area contributed by atoms with Gasteiger partial charge in [0.2, 0.25) is 0 Å². The molecule has 0 unspecified atom stereocenters. The smallest absolute Gasteiger partial charge is 0.331 e. The lowest BCUT2D eigenvalue weighted by Gasteiger charge is -2.54. The van der Waals surface area contributed by atoms with Gasteiger partial charge in [0.1, 0.15) is 0 Å². The fourth-order valence-electron chi connectivity index (χ4n) is 6.76. The summed E-state index contributed by atoms with van der Waals surface area (Å²) in [5.41, 5.74) is 1.40. The average molecular weight is 382 g/mol. The van der Waals surface area contributed by atoms with Gasteiger partial charge < -0.3 is 20.4 Å². The largest absolute Gasteiger partial charge is 0.504 e. The van der Waals surface area contributed by atoms with Crippen LogP contribution in [0.25, 0.3) is 0 Å². The van der Waals surface area contributed by atoms with E-state index in [1.165, 1.54) is 6.07 Å². The highest BCUT2D eigenvalue weighted by atomic mass is 16.4. The van der Waals surface area contributed by atoms with Crippen molar-refractivity contribution in [2.24, 2.45) is 41.4 Å². The van der Waals surface area contributed by atoms with Crippen LogP contribution in [0.4, 0.5) is 0 Å². The maximum Gasteiger partial charge on any atom is 0.331 e. The van der Waals surface area contributed by atoms with Crippen LogP contribution in [0.5, 0.6) is 11.5 Å². The van der Waals surface area contributed by atoms with Crippen LogP contribution in [0.2, 0.25) is 0 Å². The van der Waals surface area contributed by atoms with E-state index in [4.69, 9.17) is 0 Å². The number of carboxylic acids is 1. The SMILES string of the molecule is O=C(O)C1=C[C@@H](O)[C@@H]2C[C@H]3[C@H](CCCc4ccc(O)c(O)c4)[C@H]4C=C[C@@H]1[C@@H]2[C@H]43. The molecule has 148 valence electrons. The monoisotopic (exact) mass is 382 g/mol. The Morgan fingerprint density at radius 2 is 1.89 bits per heavy atom. The first-order chi connectivity index (χ1) is 13.5. The number of aromatic hydroxyl groups is 2. The number of aliphatic hydroxyl groups is 1. The summed E-state index contributed by atoms with van der Waals surface area (Å²) in [7, 11) is 0. The van der Waals surface area contributed by atoms with Crippen LogP contribution in [0.1, 0.15) is 24.8 Å². The lowest BCUT2D eigenvalue weighted by Crippen LogP contribution is -2.50. The van der Waals surface area contributed by atoms with Gasteiger partial charge >= 0.3 is 5.97 Å². The molecular formula is C23H26O5. The van der Waals surface area contributed by atoms with Crippen LogP contribution in [-0.2, 0) is 11.2 Å². The molecule has 0 aliphatic heterocycles. The lowest BCUT2D eigenvalue weighted by atomic mass is 9.50. The minimum absolute atomic E-state index is 0.0435. The minimum Gasteiger partial charge on any atom is -0.504 e. The van der Waals surface area contributed by atoms with Gasteiger partial charge in [0.05, 0.1) is 6.10 Å². The number of hydrogen-bond donors (Lipinski definition) is 4. The Labute approximate surface area is 164 Å². The number of hydrogen-bond acceptors (Lipinski definition) is 4. The first-order valence-electron chi connectivity index (χ1n) is 10.3. The molecule has 8 atom stereocenters. The number of phenols is 2. The number of carbonyl (C=O) groups is 1. The van der Waals surface area contributed by atoms with Crippen molar-refractivity contribution in [1.82, 2.24) is 0 Å². The molecule has 4 N–H and O–H groups in total. The van der Waals surface area contributed by atoms with Gasteiger partial charge in [0.15, 0.2) is 11.5 Å². The molecule has 28 heavy (non-hydrogen) atoms. The molecule has 0 radical (unpaired) electrons. The van der Waals surface area contributed by atoms with Gasteiger partial charge in [-0.15, -0.1) is 0 Å². The molecule has 0 amide bonds. The number of allylic oxidation sites excluding steroid dienone is 2. The molecule has 2 fully saturated rings. The molecule has 1 aromatic rings. The second-order valence-electron chi connectivity index (χ2n) is 9.00. The van der Waals surface area contributed by atoms with E-state index >= 15 is 0 Å². The third kappa shape index (κ3) is 2.52. The molecule has 0 bridgehead atoms. The Balaban J connectivity index is 1.28. The zero-order chi connectivity index (χ0) is 19.6. The summed E-state index contributed by atoms with van der Waals surface area (Å²) < 4.78 is 0. The number of aryl methyl sites for hydroxylation is 1. The molecule has 5 nitrogen and oxygen atoms in total. The predicted octanol–water partition coefficient (Wildman–Crippen LogP) is 3.11. The first-order valence-corrected chi connectivity index (χ1v) is 10.3. The van der Waals surface area contributed by atoms with Crippen LogP contribution in [0, 0.1) is 41.4 Å². The number of phenolic OH excluding ortho intramolecular Hbond substituents is 2. The van der Waals surface area contributed by atoms with Gasteiger partial charge in [0.25, 0.3) is 0 Å². The van der Waals surface area contributed by atoms with Crippen molar-refractivity contribution in [3.8, 4) is 11.5 Å². The number of rotatable bonds is 5. The van der Waals surface area contributed by atoms with Crippen LogP contribution in [0.3, 0.4) is 0 Å². The third-order valence-electron chi connectivity index (χ3n) is 7.86. The first kappa shape index (κ1) is 17.8. The van der Waals surface area contributed by atoms with Crippen LogP contribution in [0.15, 0.2) is 42.0 Å². The van der Waals surface area contributed by atoms with E-state index in [1.807, 2.05) is 6.07 Å². The van der Waals surface area contributed by atoms with Crippen molar-refractivity contribution in [2.75, 3.05) is 0 Å². The highest BCUT2D eigenvalue weighted by molar-refractivity contribution is 5.88. The summed E-state index contributed by atoms with van der Waals surface area (Å²) in [6.07, 6.45) is 9.26. The maximum atomic E-state index is 11.6. The summed E-state index contributed by atoms with van der Waals surface area (Å²) in [5, 5.41) is 39.2. The predicted molar refractivity (Wildman–Crippen MR) is 103 cm³/mol. The molecule has 1 aromatic carbocycles. The van der Waals surface area contributed by atoms with E-state index in [0.717, 1.165) is 31.2 Å². The third-order valence-corrected chi connectivity index (χ3v) is 7.86. The van der Waals surface area contributed by atoms with E-state index in [1.54, 1.807) is 12.1 Å². The molecule has 4 aliphatic rings. The standard InChI is InChI=1S/C23H26O5/c24-18-7-4-11(8-20(18)26)2-1-3-12-13-5-6-14-16(23(27)28)10-19(25)17-9-15(12)21(13)22(14)17/h4-8,10,12-15,17,19,21-22,24-26H,1-3,9H2,(H,27,28)/t12-,13-,14+,15+,17+,19-,21-,22+/m1/s1. The summed E-state index contributed by atoms with van der Waals surface area (Å²) in [6.45, 7) is 0. The zero-order valence-electron chi connectivity index (χ0n) is 15.6. The van der Waals surface area contributed by atoms with Gasteiger partial charge in [-0.3, -0.25) is 0 Å². The molecule has 0 saturated heterocycles. The molecule has 2 saturated carbocycles. The number of aliphatic carboxylic acids is 1. The van der Waals surface area contributed by atoms with E-state index in [9.17, 15) is 25.2 Å². The van der Waals surface area contributed by atoms with Gasteiger partial charge in [0, 0.05) is 11.5 Å². The Hall–Kier alpha value is -2.27. The highest BCUT2D eigenvalue weighted by Crippen LogP contribution is 2.67. The summed E-state index contributed by atoms with van der Waals surface area (Å²) in [5.74, 6) is 1.55. The number of aliphatic hydroxyl groups excluding tert-OH is 1.